The third-order valence-electron chi connectivity index (χ3n) is 4.02. The van der Waals surface area contributed by atoms with Crippen molar-refractivity contribution in [2.24, 2.45) is 0 Å². The Morgan fingerprint density at radius 1 is 1.28 bits per heavy atom. The lowest BCUT2D eigenvalue weighted by atomic mass is 9.99. The summed E-state index contributed by atoms with van der Waals surface area (Å²) in [5, 5.41) is 9.04. The van der Waals surface area contributed by atoms with Crippen molar-refractivity contribution in [1.82, 2.24) is 0 Å². The molecule has 0 radical (unpaired) electrons. The van der Waals surface area contributed by atoms with E-state index in [-0.39, 0.29) is 5.75 Å². The molecule has 0 saturated heterocycles. The number of halogens is 3. The largest absolute Gasteiger partial charge is 0.493 e. The first-order valence-corrected chi connectivity index (χ1v) is 8.20. The summed E-state index contributed by atoms with van der Waals surface area (Å²) >= 11 is 0. The summed E-state index contributed by atoms with van der Waals surface area (Å²) in [5.74, 6) is -1.19. The first-order chi connectivity index (χ1) is 11.8. The molecule has 0 spiro atoms. The monoisotopic (exact) mass is 358 g/mol. The number of alkyl halides is 3. The van der Waals surface area contributed by atoms with E-state index < -0.39 is 23.8 Å². The molecule has 1 N–H and O–H groups in total. The van der Waals surface area contributed by atoms with Gasteiger partial charge in [0.1, 0.15) is 11.5 Å². The number of hydrogen-bond donors (Lipinski definition) is 1. The zero-order valence-corrected chi connectivity index (χ0v) is 14.2. The number of fused-ring (bicyclic) bond motifs is 1. The van der Waals surface area contributed by atoms with E-state index in [1.165, 1.54) is 6.07 Å². The maximum absolute atomic E-state index is 13.1. The normalized spacial score (nSPS) is 16.7. The van der Waals surface area contributed by atoms with E-state index >= 15 is 0 Å². The highest BCUT2D eigenvalue weighted by molar-refractivity contribution is 5.95. The minimum absolute atomic E-state index is 0.0124. The standard InChI is InChI=1S/C18H21F3O4/c1-3-4-5-6-9-24-14-8-7-12-10-13(17(22)23)16(18(19,20)21)25-15(12)11(14)2/h7-8,10,16H,3-6,9H2,1-2H3,(H,22,23). The van der Waals surface area contributed by atoms with Crippen molar-refractivity contribution in [3.8, 4) is 11.5 Å². The second-order valence-electron chi connectivity index (χ2n) is 5.96. The van der Waals surface area contributed by atoms with Crippen LogP contribution in [0.25, 0.3) is 6.08 Å². The highest BCUT2D eigenvalue weighted by Crippen LogP contribution is 2.41. The fourth-order valence-electron chi connectivity index (χ4n) is 2.67. The predicted octanol–water partition coefficient (Wildman–Crippen LogP) is 4.75. The molecule has 1 aliphatic heterocycles. The van der Waals surface area contributed by atoms with Crippen molar-refractivity contribution < 1.29 is 32.5 Å². The summed E-state index contributed by atoms with van der Waals surface area (Å²) in [5.41, 5.74) is -0.0932. The molecule has 1 heterocycles. The molecule has 0 amide bonds. The highest BCUT2D eigenvalue weighted by atomic mass is 19.4. The van der Waals surface area contributed by atoms with Gasteiger partial charge in [0, 0.05) is 11.1 Å². The number of rotatable bonds is 7. The average molecular weight is 358 g/mol. The van der Waals surface area contributed by atoms with E-state index in [1.54, 1.807) is 13.0 Å². The lowest BCUT2D eigenvalue weighted by Gasteiger charge is -2.28. The molecule has 0 bridgehead atoms. The third kappa shape index (κ3) is 4.46. The van der Waals surface area contributed by atoms with E-state index in [9.17, 15) is 18.0 Å². The number of benzene rings is 1. The Balaban J connectivity index is 2.25. The molecule has 7 heteroatoms. The molecule has 1 aliphatic rings. The molecular weight excluding hydrogens is 337 g/mol. The SMILES string of the molecule is CCCCCCOc1ccc2c(c1C)OC(C(F)(F)F)C(C(=O)O)=C2. The molecule has 1 aromatic carbocycles. The average Bonchev–Trinajstić information content (AvgIpc) is 2.54. The molecular formula is C18H21F3O4. The quantitative estimate of drug-likeness (QED) is 0.715. The van der Waals surface area contributed by atoms with Gasteiger partial charge in [-0.3, -0.25) is 0 Å². The number of carboxylic acids is 1. The smallest absolute Gasteiger partial charge is 0.430 e. The number of aliphatic carboxylic acids is 1. The van der Waals surface area contributed by atoms with Crippen LogP contribution < -0.4 is 9.47 Å². The number of carboxylic acid groups (broad SMARTS) is 1. The molecule has 0 aromatic heterocycles. The number of hydrogen-bond acceptors (Lipinski definition) is 3. The van der Waals surface area contributed by atoms with Gasteiger partial charge in [-0.15, -0.1) is 0 Å². The van der Waals surface area contributed by atoms with Gasteiger partial charge in [-0.2, -0.15) is 13.2 Å². The molecule has 0 saturated carbocycles. The first kappa shape index (κ1) is 19.1. The zero-order chi connectivity index (χ0) is 18.6. The van der Waals surface area contributed by atoms with Gasteiger partial charge >= 0.3 is 12.1 Å². The summed E-state index contributed by atoms with van der Waals surface area (Å²) in [6.45, 7) is 4.17. The van der Waals surface area contributed by atoms with Gasteiger partial charge in [-0.25, -0.2) is 4.79 Å². The number of ether oxygens (including phenoxy) is 2. The van der Waals surface area contributed by atoms with Crippen molar-refractivity contribution in [2.75, 3.05) is 6.61 Å². The highest BCUT2D eigenvalue weighted by Gasteiger charge is 2.48. The van der Waals surface area contributed by atoms with Gasteiger partial charge in [-0.1, -0.05) is 26.2 Å². The zero-order valence-electron chi connectivity index (χ0n) is 14.2. The maximum Gasteiger partial charge on any atom is 0.430 e. The molecule has 25 heavy (non-hydrogen) atoms. The van der Waals surface area contributed by atoms with Crippen LogP contribution >= 0.6 is 0 Å². The third-order valence-corrected chi connectivity index (χ3v) is 4.02. The fraction of sp³-hybridized carbons (Fsp3) is 0.500. The van der Waals surface area contributed by atoms with Gasteiger partial charge < -0.3 is 14.6 Å². The van der Waals surface area contributed by atoms with Crippen LogP contribution in [0.3, 0.4) is 0 Å². The predicted molar refractivity (Wildman–Crippen MR) is 86.9 cm³/mol. The van der Waals surface area contributed by atoms with Crippen LogP contribution in [0.4, 0.5) is 13.2 Å². The molecule has 2 rings (SSSR count). The van der Waals surface area contributed by atoms with Crippen LogP contribution in [0, 0.1) is 6.92 Å². The van der Waals surface area contributed by atoms with Crippen molar-refractivity contribution in [3.63, 3.8) is 0 Å². The maximum atomic E-state index is 13.1. The molecule has 138 valence electrons. The van der Waals surface area contributed by atoms with Gasteiger partial charge in [0.2, 0.25) is 6.10 Å². The minimum atomic E-state index is -4.81. The molecule has 0 fully saturated rings. The fourth-order valence-corrected chi connectivity index (χ4v) is 2.67. The number of carbonyl (C=O) groups is 1. The minimum Gasteiger partial charge on any atom is -0.493 e. The van der Waals surface area contributed by atoms with Crippen molar-refractivity contribution in [1.29, 1.82) is 0 Å². The van der Waals surface area contributed by atoms with E-state index in [0.29, 0.717) is 23.5 Å². The van der Waals surface area contributed by atoms with Gasteiger partial charge in [0.15, 0.2) is 0 Å². The Kier molecular flexibility index (Phi) is 5.98. The summed E-state index contributed by atoms with van der Waals surface area (Å²) in [7, 11) is 0. The van der Waals surface area contributed by atoms with Crippen LogP contribution in [0.5, 0.6) is 11.5 Å². The Morgan fingerprint density at radius 3 is 2.60 bits per heavy atom. The van der Waals surface area contributed by atoms with Crippen LogP contribution in [-0.4, -0.2) is 30.0 Å². The topological polar surface area (TPSA) is 55.8 Å². The summed E-state index contributed by atoms with van der Waals surface area (Å²) in [6.07, 6.45) is -2.20. The molecule has 1 unspecified atom stereocenters. The van der Waals surface area contributed by atoms with Crippen molar-refractivity contribution in [2.45, 2.75) is 51.8 Å². The second kappa shape index (κ2) is 7.80. The lowest BCUT2D eigenvalue weighted by Crippen LogP contribution is -2.40. The van der Waals surface area contributed by atoms with Crippen LogP contribution in [0.1, 0.15) is 43.7 Å². The Morgan fingerprint density at radius 2 is 2.00 bits per heavy atom. The lowest BCUT2D eigenvalue weighted by molar-refractivity contribution is -0.187. The Hall–Kier alpha value is -2.18. The van der Waals surface area contributed by atoms with Crippen LogP contribution in [-0.2, 0) is 4.79 Å². The van der Waals surface area contributed by atoms with Gasteiger partial charge in [0.25, 0.3) is 0 Å². The Bertz CT molecular complexity index is 665. The van der Waals surface area contributed by atoms with E-state index in [0.717, 1.165) is 31.8 Å². The summed E-state index contributed by atoms with van der Waals surface area (Å²) < 4.78 is 50.1. The molecule has 1 atom stereocenters. The summed E-state index contributed by atoms with van der Waals surface area (Å²) in [6, 6.07) is 3.14. The van der Waals surface area contributed by atoms with E-state index in [4.69, 9.17) is 14.6 Å². The van der Waals surface area contributed by atoms with Crippen molar-refractivity contribution >= 4 is 12.0 Å². The van der Waals surface area contributed by atoms with Gasteiger partial charge in [0.05, 0.1) is 12.2 Å². The molecule has 4 nitrogen and oxygen atoms in total. The Labute approximate surface area is 144 Å². The van der Waals surface area contributed by atoms with Crippen LogP contribution in [0.2, 0.25) is 0 Å². The second-order valence-corrected chi connectivity index (χ2v) is 5.96. The van der Waals surface area contributed by atoms with Crippen LogP contribution in [0.15, 0.2) is 17.7 Å². The summed E-state index contributed by atoms with van der Waals surface area (Å²) in [4.78, 5) is 11.1. The van der Waals surface area contributed by atoms with Crippen molar-refractivity contribution in [3.05, 3.63) is 28.8 Å². The molecule has 0 aliphatic carbocycles. The molecule has 1 aromatic rings. The number of unbranched alkanes of at least 4 members (excludes halogenated alkanes) is 3. The van der Waals surface area contributed by atoms with Gasteiger partial charge in [-0.05, 0) is 31.6 Å². The first-order valence-electron chi connectivity index (χ1n) is 8.20. The van der Waals surface area contributed by atoms with E-state index in [2.05, 4.69) is 6.92 Å². The van der Waals surface area contributed by atoms with E-state index in [1.807, 2.05) is 0 Å².